The zero-order chi connectivity index (χ0) is 19.6. The summed E-state index contributed by atoms with van der Waals surface area (Å²) in [7, 11) is 1.76. The number of aromatic nitrogens is 1. The minimum absolute atomic E-state index is 0. The lowest BCUT2D eigenvalue weighted by molar-refractivity contribution is 0.0170. The van der Waals surface area contributed by atoms with Crippen molar-refractivity contribution in [3.63, 3.8) is 0 Å². The van der Waals surface area contributed by atoms with Gasteiger partial charge in [0, 0.05) is 51.5 Å². The molecule has 1 aromatic carbocycles. The van der Waals surface area contributed by atoms with Gasteiger partial charge in [-0.2, -0.15) is 0 Å². The van der Waals surface area contributed by atoms with Crippen LogP contribution in [0.4, 0.5) is 4.39 Å². The highest BCUT2D eigenvalue weighted by Crippen LogP contribution is 2.21. The molecule has 6 nitrogen and oxygen atoms in total. The Morgan fingerprint density at radius 2 is 1.93 bits per heavy atom. The Morgan fingerprint density at radius 1 is 1.17 bits per heavy atom. The van der Waals surface area contributed by atoms with Gasteiger partial charge in [-0.15, -0.1) is 24.0 Å². The Balaban J connectivity index is 0.00000300. The van der Waals surface area contributed by atoms with Crippen molar-refractivity contribution >= 4 is 29.9 Å². The van der Waals surface area contributed by atoms with E-state index in [9.17, 15) is 4.39 Å². The summed E-state index contributed by atoms with van der Waals surface area (Å²) in [6.45, 7) is 4.57. The summed E-state index contributed by atoms with van der Waals surface area (Å²) in [6.07, 6.45) is 2.63. The smallest absolute Gasteiger partial charge is 0.191 e. The van der Waals surface area contributed by atoms with Crippen LogP contribution in [0.1, 0.15) is 17.3 Å². The molecule has 2 heterocycles. The van der Waals surface area contributed by atoms with Gasteiger partial charge >= 0.3 is 0 Å². The minimum Gasteiger partial charge on any atom is -0.379 e. The van der Waals surface area contributed by atoms with Crippen LogP contribution in [0.25, 0.3) is 0 Å². The van der Waals surface area contributed by atoms with Crippen molar-refractivity contribution in [2.45, 2.75) is 12.5 Å². The average Bonchev–Trinajstić information content (AvgIpc) is 2.75. The van der Waals surface area contributed by atoms with Crippen LogP contribution in [0.15, 0.2) is 53.7 Å². The largest absolute Gasteiger partial charge is 0.379 e. The van der Waals surface area contributed by atoms with E-state index in [2.05, 4.69) is 25.5 Å². The quantitative estimate of drug-likeness (QED) is 0.339. The molecule has 29 heavy (non-hydrogen) atoms. The van der Waals surface area contributed by atoms with Crippen molar-refractivity contribution in [3.8, 4) is 0 Å². The van der Waals surface area contributed by atoms with E-state index < -0.39 is 0 Å². The van der Waals surface area contributed by atoms with E-state index in [1.165, 1.54) is 12.1 Å². The number of nitrogens with zero attached hydrogens (tertiary/aromatic N) is 3. The van der Waals surface area contributed by atoms with Crippen molar-refractivity contribution in [2.24, 2.45) is 4.99 Å². The summed E-state index contributed by atoms with van der Waals surface area (Å²) in [5.74, 6) is 0.528. The number of rotatable bonds is 7. The van der Waals surface area contributed by atoms with Crippen molar-refractivity contribution in [2.75, 3.05) is 46.4 Å². The van der Waals surface area contributed by atoms with Gasteiger partial charge in [0.25, 0.3) is 0 Å². The van der Waals surface area contributed by atoms with E-state index >= 15 is 0 Å². The van der Waals surface area contributed by atoms with E-state index in [-0.39, 0.29) is 35.8 Å². The SMILES string of the molecule is CN=C(NCCc1ccccn1)NCC(c1ccc(F)cc1)N1CCOCC1.I. The number of benzene rings is 1. The highest BCUT2D eigenvalue weighted by Gasteiger charge is 2.23. The molecular formula is C21H29FIN5O. The second-order valence-corrected chi connectivity index (χ2v) is 6.67. The maximum Gasteiger partial charge on any atom is 0.191 e. The lowest BCUT2D eigenvalue weighted by atomic mass is 10.0. The third kappa shape index (κ3) is 7.52. The van der Waals surface area contributed by atoms with Crippen LogP contribution >= 0.6 is 24.0 Å². The lowest BCUT2D eigenvalue weighted by Gasteiger charge is -2.35. The van der Waals surface area contributed by atoms with Crippen molar-refractivity contribution in [1.29, 1.82) is 0 Å². The van der Waals surface area contributed by atoms with Gasteiger partial charge in [-0.3, -0.25) is 14.9 Å². The van der Waals surface area contributed by atoms with Gasteiger partial charge in [-0.1, -0.05) is 18.2 Å². The summed E-state index contributed by atoms with van der Waals surface area (Å²) in [5, 5.41) is 6.74. The van der Waals surface area contributed by atoms with Crippen LogP contribution in [0, 0.1) is 5.82 Å². The van der Waals surface area contributed by atoms with Gasteiger partial charge in [-0.05, 0) is 29.8 Å². The summed E-state index contributed by atoms with van der Waals surface area (Å²) in [4.78, 5) is 11.0. The number of ether oxygens (including phenoxy) is 1. The third-order valence-electron chi connectivity index (χ3n) is 4.83. The number of nitrogens with one attached hydrogen (secondary N) is 2. The van der Waals surface area contributed by atoms with E-state index in [0.717, 1.165) is 56.5 Å². The number of hydrogen-bond donors (Lipinski definition) is 2. The molecule has 1 aliphatic rings. The molecule has 0 bridgehead atoms. The van der Waals surface area contributed by atoms with Gasteiger partial charge in [-0.25, -0.2) is 4.39 Å². The third-order valence-corrected chi connectivity index (χ3v) is 4.83. The van der Waals surface area contributed by atoms with Gasteiger partial charge in [0.15, 0.2) is 5.96 Å². The van der Waals surface area contributed by atoms with Crippen LogP contribution in [0.3, 0.4) is 0 Å². The minimum atomic E-state index is -0.218. The molecule has 1 aromatic heterocycles. The first-order valence-corrected chi connectivity index (χ1v) is 9.68. The summed E-state index contributed by atoms with van der Waals surface area (Å²) in [6, 6.07) is 12.8. The first kappa shape index (κ1) is 23.5. The molecule has 0 amide bonds. The second-order valence-electron chi connectivity index (χ2n) is 6.67. The molecule has 1 unspecified atom stereocenters. The van der Waals surface area contributed by atoms with Crippen LogP contribution in [0.5, 0.6) is 0 Å². The molecule has 1 saturated heterocycles. The van der Waals surface area contributed by atoms with Crippen molar-refractivity contribution < 1.29 is 9.13 Å². The first-order valence-electron chi connectivity index (χ1n) is 9.68. The molecule has 2 N–H and O–H groups in total. The lowest BCUT2D eigenvalue weighted by Crippen LogP contribution is -2.46. The Labute approximate surface area is 189 Å². The molecule has 0 spiro atoms. The molecule has 0 saturated carbocycles. The maximum absolute atomic E-state index is 13.4. The van der Waals surface area contributed by atoms with E-state index in [1.807, 2.05) is 30.3 Å². The number of aliphatic imine (C=N–C) groups is 1. The number of hydrogen-bond acceptors (Lipinski definition) is 4. The fourth-order valence-corrected chi connectivity index (χ4v) is 3.30. The number of halogens is 2. The van der Waals surface area contributed by atoms with Crippen LogP contribution < -0.4 is 10.6 Å². The van der Waals surface area contributed by atoms with E-state index in [1.54, 1.807) is 13.2 Å². The Bertz CT molecular complexity index is 738. The van der Waals surface area contributed by atoms with Crippen molar-refractivity contribution in [3.05, 3.63) is 65.7 Å². The molecule has 1 atom stereocenters. The van der Waals surface area contributed by atoms with Gasteiger partial charge in [0.2, 0.25) is 0 Å². The molecule has 2 aromatic rings. The summed E-state index contributed by atoms with van der Waals surface area (Å²) in [5.41, 5.74) is 2.13. The van der Waals surface area contributed by atoms with Crippen molar-refractivity contribution in [1.82, 2.24) is 20.5 Å². The Hall–Kier alpha value is -1.78. The summed E-state index contributed by atoms with van der Waals surface area (Å²) >= 11 is 0. The number of pyridine rings is 1. The highest BCUT2D eigenvalue weighted by molar-refractivity contribution is 14.0. The van der Waals surface area contributed by atoms with E-state index in [4.69, 9.17) is 4.74 Å². The monoisotopic (exact) mass is 513 g/mol. The molecule has 158 valence electrons. The molecule has 1 fully saturated rings. The molecule has 0 radical (unpaired) electrons. The van der Waals surface area contributed by atoms with Crippen LogP contribution in [-0.4, -0.2) is 62.3 Å². The predicted octanol–water partition coefficient (Wildman–Crippen LogP) is 2.62. The highest BCUT2D eigenvalue weighted by atomic mass is 127. The Kier molecular flexibility index (Phi) is 10.3. The van der Waals surface area contributed by atoms with Gasteiger partial charge in [0.1, 0.15) is 5.82 Å². The van der Waals surface area contributed by atoms with E-state index in [0.29, 0.717) is 6.54 Å². The van der Waals surface area contributed by atoms with Crippen LogP contribution in [0.2, 0.25) is 0 Å². The standard InChI is InChI=1S/C21H28FN5O.HI/c1-23-21(25-11-9-19-4-2-3-10-24-19)26-16-20(27-12-14-28-15-13-27)17-5-7-18(22)8-6-17;/h2-8,10,20H,9,11-16H2,1H3,(H2,23,25,26);1H. The number of morpholine rings is 1. The molecule has 8 heteroatoms. The maximum atomic E-state index is 13.4. The van der Waals surface area contributed by atoms with Gasteiger partial charge in [0.05, 0.1) is 19.3 Å². The number of guanidine groups is 1. The molecular weight excluding hydrogens is 484 g/mol. The molecule has 3 rings (SSSR count). The fourth-order valence-electron chi connectivity index (χ4n) is 3.30. The first-order chi connectivity index (χ1) is 13.8. The van der Waals surface area contributed by atoms with Gasteiger partial charge < -0.3 is 15.4 Å². The normalized spacial score (nSPS) is 16.0. The molecule has 1 aliphatic heterocycles. The molecule has 0 aliphatic carbocycles. The zero-order valence-corrected chi connectivity index (χ0v) is 19.0. The fraction of sp³-hybridized carbons (Fsp3) is 0.429. The second kappa shape index (κ2) is 12.7. The average molecular weight is 513 g/mol. The predicted molar refractivity (Wildman–Crippen MR) is 124 cm³/mol. The van der Waals surface area contributed by atoms with Crippen LogP contribution in [-0.2, 0) is 11.2 Å². The Morgan fingerprint density at radius 3 is 2.59 bits per heavy atom. The summed E-state index contributed by atoms with van der Waals surface area (Å²) < 4.78 is 18.8. The zero-order valence-electron chi connectivity index (χ0n) is 16.7. The topological polar surface area (TPSA) is 61.8 Å².